The molecule has 3 heterocycles. The number of carbonyl (C=O) groups excluding carboxylic acids is 2. The highest BCUT2D eigenvalue weighted by Gasteiger charge is 2.29. The molecule has 10 nitrogen and oxygen atoms in total. The highest BCUT2D eigenvalue weighted by Crippen LogP contribution is 2.32. The van der Waals surface area contributed by atoms with E-state index in [9.17, 15) is 9.59 Å². The van der Waals surface area contributed by atoms with Crippen molar-refractivity contribution in [1.29, 1.82) is 0 Å². The first-order chi connectivity index (χ1) is 18.8. The van der Waals surface area contributed by atoms with E-state index >= 15 is 0 Å². The number of para-hydroxylation sites is 1. The molecule has 204 valence electrons. The first-order valence-electron chi connectivity index (χ1n) is 12.9. The number of anilines is 1. The summed E-state index contributed by atoms with van der Waals surface area (Å²) in [7, 11) is 1.52. The number of methoxy groups -OCH3 is 1. The molecule has 0 saturated carbocycles. The van der Waals surface area contributed by atoms with E-state index < -0.39 is 17.4 Å². The van der Waals surface area contributed by atoms with E-state index in [1.54, 1.807) is 24.4 Å². The van der Waals surface area contributed by atoms with E-state index in [1.165, 1.54) is 13.5 Å². The lowest BCUT2D eigenvalue weighted by molar-refractivity contribution is -0.137. The van der Waals surface area contributed by atoms with Gasteiger partial charge in [0.25, 0.3) is 0 Å². The minimum Gasteiger partial charge on any atom is -0.496 e. The number of fused-ring (bicyclic) bond motifs is 1. The summed E-state index contributed by atoms with van der Waals surface area (Å²) in [5.41, 5.74) is 1.45. The quantitative estimate of drug-likeness (QED) is 0.331. The molecule has 5 rings (SSSR count). The van der Waals surface area contributed by atoms with Gasteiger partial charge in [0.1, 0.15) is 17.1 Å². The molecule has 0 radical (unpaired) electrons. The summed E-state index contributed by atoms with van der Waals surface area (Å²) >= 11 is 0. The van der Waals surface area contributed by atoms with Crippen molar-refractivity contribution < 1.29 is 23.2 Å². The SMILES string of the molecule is COc1cc(NC(=O)C(=O)NC(C)(C)CN2CCN(Cc3cc4ccccc4o3)CC2)ccc1-c1cnco1. The Labute approximate surface area is 226 Å². The van der Waals surface area contributed by atoms with Gasteiger partial charge in [0.2, 0.25) is 0 Å². The van der Waals surface area contributed by atoms with Gasteiger partial charge < -0.3 is 24.2 Å². The molecular formula is C29H33N5O5. The number of nitrogens with zero attached hydrogens (tertiary/aromatic N) is 3. The molecule has 4 aromatic rings. The number of hydrogen-bond donors (Lipinski definition) is 2. The molecule has 10 heteroatoms. The molecular weight excluding hydrogens is 498 g/mol. The molecule has 2 N–H and O–H groups in total. The van der Waals surface area contributed by atoms with Crippen LogP contribution in [0.5, 0.6) is 5.75 Å². The molecule has 1 aliphatic rings. The Morgan fingerprint density at radius 1 is 1.03 bits per heavy atom. The fourth-order valence-corrected chi connectivity index (χ4v) is 4.91. The Balaban J connectivity index is 1.10. The standard InChI is InChI=1S/C29H33N5O5/c1-29(2,18-34-12-10-33(11-13-34)17-22-14-20-6-4-5-7-24(20)39-22)32-28(36)27(35)31-21-8-9-23(25(15-21)37-3)26-16-30-19-38-26/h4-9,14-16,19H,10-13,17-18H2,1-3H3,(H,31,35)(H,32,36). The van der Waals surface area contributed by atoms with Crippen molar-refractivity contribution in [3.63, 3.8) is 0 Å². The summed E-state index contributed by atoms with van der Waals surface area (Å²) in [4.78, 5) is 34.0. The van der Waals surface area contributed by atoms with Gasteiger partial charge >= 0.3 is 11.8 Å². The van der Waals surface area contributed by atoms with Gasteiger partial charge in [0.05, 0.1) is 25.4 Å². The second-order valence-electron chi connectivity index (χ2n) is 10.4. The molecule has 2 aromatic carbocycles. The van der Waals surface area contributed by atoms with Crippen LogP contribution in [-0.4, -0.2) is 72.0 Å². The zero-order valence-corrected chi connectivity index (χ0v) is 22.4. The number of piperazine rings is 1. The maximum absolute atomic E-state index is 12.7. The summed E-state index contributed by atoms with van der Waals surface area (Å²) in [6, 6.07) is 15.2. The van der Waals surface area contributed by atoms with Crippen LogP contribution in [0.15, 0.2) is 70.0 Å². The van der Waals surface area contributed by atoms with Gasteiger partial charge in [0, 0.05) is 55.4 Å². The second-order valence-corrected chi connectivity index (χ2v) is 10.4. The number of ether oxygens (including phenoxy) is 1. The normalized spacial score (nSPS) is 14.8. The molecule has 0 bridgehead atoms. The Morgan fingerprint density at radius 3 is 2.51 bits per heavy atom. The lowest BCUT2D eigenvalue weighted by Crippen LogP contribution is -2.57. The van der Waals surface area contributed by atoms with Gasteiger partial charge in [-0.2, -0.15) is 0 Å². The monoisotopic (exact) mass is 531 g/mol. The Bertz CT molecular complexity index is 1400. The smallest absolute Gasteiger partial charge is 0.313 e. The molecule has 1 aliphatic heterocycles. The third-order valence-electron chi connectivity index (χ3n) is 6.76. The Kier molecular flexibility index (Phi) is 7.67. The fourth-order valence-electron chi connectivity index (χ4n) is 4.91. The molecule has 0 atom stereocenters. The van der Waals surface area contributed by atoms with E-state index in [-0.39, 0.29) is 0 Å². The summed E-state index contributed by atoms with van der Waals surface area (Å²) in [6.45, 7) is 8.77. The summed E-state index contributed by atoms with van der Waals surface area (Å²) in [5, 5.41) is 6.64. The molecule has 2 amide bonds. The first-order valence-corrected chi connectivity index (χ1v) is 12.9. The number of rotatable bonds is 8. The van der Waals surface area contributed by atoms with Crippen LogP contribution < -0.4 is 15.4 Å². The largest absolute Gasteiger partial charge is 0.496 e. The van der Waals surface area contributed by atoms with Crippen LogP contribution in [0.3, 0.4) is 0 Å². The van der Waals surface area contributed by atoms with Gasteiger partial charge in [-0.15, -0.1) is 0 Å². The number of carbonyl (C=O) groups is 2. The topological polar surface area (TPSA) is 113 Å². The number of oxazole rings is 1. The highest BCUT2D eigenvalue weighted by molar-refractivity contribution is 6.39. The summed E-state index contributed by atoms with van der Waals surface area (Å²) in [5.74, 6) is 0.563. The van der Waals surface area contributed by atoms with Crippen molar-refractivity contribution in [3.8, 4) is 17.1 Å². The van der Waals surface area contributed by atoms with Gasteiger partial charge in [-0.25, -0.2) is 4.98 Å². The van der Waals surface area contributed by atoms with Gasteiger partial charge in [-0.3, -0.25) is 19.4 Å². The number of aromatic nitrogens is 1. The molecule has 1 fully saturated rings. The molecule has 1 saturated heterocycles. The predicted octanol–water partition coefficient (Wildman–Crippen LogP) is 3.75. The maximum atomic E-state index is 12.7. The van der Waals surface area contributed by atoms with Gasteiger partial charge in [0.15, 0.2) is 12.2 Å². The van der Waals surface area contributed by atoms with Gasteiger partial charge in [-0.1, -0.05) is 18.2 Å². The van der Waals surface area contributed by atoms with Gasteiger partial charge in [-0.05, 0) is 38.1 Å². The summed E-state index contributed by atoms with van der Waals surface area (Å²) in [6.07, 6.45) is 2.91. The zero-order valence-electron chi connectivity index (χ0n) is 22.4. The lowest BCUT2D eigenvalue weighted by atomic mass is 10.0. The average Bonchev–Trinajstić information content (AvgIpc) is 3.59. The molecule has 39 heavy (non-hydrogen) atoms. The molecule has 0 spiro atoms. The van der Waals surface area contributed by atoms with E-state index in [2.05, 4.69) is 37.6 Å². The number of furan rings is 1. The van der Waals surface area contributed by atoms with Crippen LogP contribution in [0, 0.1) is 0 Å². The first kappa shape index (κ1) is 26.5. The maximum Gasteiger partial charge on any atom is 0.313 e. The zero-order chi connectivity index (χ0) is 27.4. The van der Waals surface area contributed by atoms with Crippen molar-refractivity contribution >= 4 is 28.5 Å². The molecule has 0 aliphatic carbocycles. The molecule has 2 aromatic heterocycles. The van der Waals surface area contributed by atoms with E-state index in [0.717, 1.165) is 49.5 Å². The van der Waals surface area contributed by atoms with Crippen LogP contribution in [0.4, 0.5) is 5.69 Å². The van der Waals surface area contributed by atoms with Crippen LogP contribution in [0.1, 0.15) is 19.6 Å². The van der Waals surface area contributed by atoms with Crippen molar-refractivity contribution in [2.24, 2.45) is 0 Å². The number of hydrogen-bond acceptors (Lipinski definition) is 8. The van der Waals surface area contributed by atoms with E-state index in [0.29, 0.717) is 29.3 Å². The number of nitrogens with one attached hydrogen (secondary N) is 2. The third-order valence-corrected chi connectivity index (χ3v) is 6.76. The van der Waals surface area contributed by atoms with Crippen molar-refractivity contribution in [1.82, 2.24) is 20.1 Å². The van der Waals surface area contributed by atoms with Crippen LogP contribution in [-0.2, 0) is 16.1 Å². The highest BCUT2D eigenvalue weighted by atomic mass is 16.5. The summed E-state index contributed by atoms with van der Waals surface area (Å²) < 4.78 is 16.7. The van der Waals surface area contributed by atoms with Crippen molar-refractivity contribution in [2.75, 3.05) is 45.2 Å². The minimum atomic E-state index is -0.742. The lowest BCUT2D eigenvalue weighted by Gasteiger charge is -2.38. The van der Waals surface area contributed by atoms with Crippen LogP contribution >= 0.6 is 0 Å². The molecule has 0 unspecified atom stereocenters. The van der Waals surface area contributed by atoms with Crippen LogP contribution in [0.2, 0.25) is 0 Å². The second kappa shape index (κ2) is 11.3. The van der Waals surface area contributed by atoms with E-state index in [4.69, 9.17) is 13.6 Å². The average molecular weight is 532 g/mol. The van der Waals surface area contributed by atoms with Crippen molar-refractivity contribution in [2.45, 2.75) is 25.9 Å². The third kappa shape index (κ3) is 6.47. The fraction of sp³-hybridized carbons (Fsp3) is 0.345. The predicted molar refractivity (Wildman–Crippen MR) is 147 cm³/mol. The van der Waals surface area contributed by atoms with Crippen molar-refractivity contribution in [3.05, 3.63) is 66.9 Å². The Morgan fingerprint density at radius 2 is 1.79 bits per heavy atom. The number of benzene rings is 2. The van der Waals surface area contributed by atoms with E-state index in [1.807, 2.05) is 32.0 Å². The van der Waals surface area contributed by atoms with Crippen LogP contribution in [0.25, 0.3) is 22.3 Å². The number of amides is 2. The minimum absolute atomic E-state index is 0.439. The Hall–Kier alpha value is -4.15.